The van der Waals surface area contributed by atoms with Crippen LogP contribution in [0.1, 0.15) is 29.4 Å². The summed E-state index contributed by atoms with van der Waals surface area (Å²) in [6.07, 6.45) is 5.95. The average Bonchev–Trinajstić information content (AvgIpc) is 2.84. The van der Waals surface area contributed by atoms with Crippen molar-refractivity contribution in [1.82, 2.24) is 14.9 Å². The van der Waals surface area contributed by atoms with Crippen LogP contribution in [0.25, 0.3) is 0 Å². The van der Waals surface area contributed by atoms with Gasteiger partial charge in [-0.25, -0.2) is 4.98 Å². The van der Waals surface area contributed by atoms with Crippen molar-refractivity contribution in [1.29, 1.82) is 0 Å². The van der Waals surface area contributed by atoms with Gasteiger partial charge < -0.3 is 9.88 Å². The monoisotopic (exact) mass is 271 g/mol. The Morgan fingerprint density at radius 3 is 2.45 bits per heavy atom. The highest BCUT2D eigenvalue weighted by atomic mass is 15.1. The molecule has 2 rings (SSSR count). The molecule has 0 fully saturated rings. The van der Waals surface area contributed by atoms with Crippen LogP contribution in [0.4, 0.5) is 0 Å². The number of hydrogen-bond acceptors (Lipinski definition) is 2. The van der Waals surface area contributed by atoms with E-state index < -0.39 is 0 Å². The van der Waals surface area contributed by atoms with Gasteiger partial charge in [0, 0.05) is 31.4 Å². The highest BCUT2D eigenvalue weighted by Crippen LogP contribution is 2.13. The van der Waals surface area contributed by atoms with E-state index in [1.165, 1.54) is 16.7 Å². The van der Waals surface area contributed by atoms with Crippen molar-refractivity contribution in [2.75, 3.05) is 7.05 Å². The molecule has 0 aliphatic rings. The van der Waals surface area contributed by atoms with Gasteiger partial charge in [-0.2, -0.15) is 0 Å². The molecule has 0 bridgehead atoms. The van der Waals surface area contributed by atoms with E-state index in [1.54, 1.807) is 0 Å². The molecule has 3 heteroatoms. The Morgan fingerprint density at radius 2 is 1.85 bits per heavy atom. The molecule has 1 atom stereocenters. The fraction of sp³-hybridized carbons (Fsp3) is 0.471. The number of nitrogens with zero attached hydrogens (tertiary/aromatic N) is 2. The lowest BCUT2D eigenvalue weighted by atomic mass is 9.99. The van der Waals surface area contributed by atoms with Crippen molar-refractivity contribution in [3.05, 3.63) is 53.1 Å². The smallest absolute Gasteiger partial charge is 0.110 e. The van der Waals surface area contributed by atoms with Crippen LogP contribution in [0.5, 0.6) is 0 Å². The Balaban J connectivity index is 2.09. The zero-order valence-corrected chi connectivity index (χ0v) is 13.0. The summed E-state index contributed by atoms with van der Waals surface area (Å²) in [5, 5.41) is 3.43. The molecule has 0 saturated heterocycles. The molecule has 0 aliphatic carbocycles. The van der Waals surface area contributed by atoms with Crippen molar-refractivity contribution in [3.63, 3.8) is 0 Å². The lowest BCUT2D eigenvalue weighted by molar-refractivity contribution is 0.526. The molecule has 0 amide bonds. The van der Waals surface area contributed by atoms with E-state index in [0.29, 0.717) is 6.04 Å². The quantitative estimate of drug-likeness (QED) is 0.875. The van der Waals surface area contributed by atoms with Crippen molar-refractivity contribution >= 4 is 0 Å². The Morgan fingerprint density at radius 1 is 1.15 bits per heavy atom. The predicted molar refractivity (Wildman–Crippen MR) is 84.1 cm³/mol. The summed E-state index contributed by atoms with van der Waals surface area (Å²) >= 11 is 0. The summed E-state index contributed by atoms with van der Waals surface area (Å²) in [6, 6.07) is 7.21. The molecular formula is C17H25N3. The number of aryl methyl sites for hydroxylation is 3. The summed E-state index contributed by atoms with van der Waals surface area (Å²) in [5.74, 6) is 1.16. The molecule has 2 aromatic rings. The van der Waals surface area contributed by atoms with Crippen LogP contribution >= 0.6 is 0 Å². The van der Waals surface area contributed by atoms with Crippen LogP contribution in [-0.4, -0.2) is 22.6 Å². The van der Waals surface area contributed by atoms with Crippen LogP contribution in [0.2, 0.25) is 0 Å². The van der Waals surface area contributed by atoms with E-state index in [2.05, 4.69) is 60.0 Å². The first-order valence-corrected chi connectivity index (χ1v) is 7.36. The van der Waals surface area contributed by atoms with Gasteiger partial charge in [-0.15, -0.1) is 0 Å². The number of hydrogen-bond donors (Lipinski definition) is 1. The fourth-order valence-electron chi connectivity index (χ4n) is 2.79. The Hall–Kier alpha value is -1.61. The first-order valence-electron chi connectivity index (χ1n) is 7.36. The lowest BCUT2D eigenvalue weighted by Crippen LogP contribution is -2.31. The second kappa shape index (κ2) is 6.71. The number of aromatic nitrogens is 2. The van der Waals surface area contributed by atoms with Gasteiger partial charge >= 0.3 is 0 Å². The van der Waals surface area contributed by atoms with Gasteiger partial charge in [0.15, 0.2) is 0 Å². The first-order chi connectivity index (χ1) is 9.62. The van der Waals surface area contributed by atoms with E-state index in [-0.39, 0.29) is 0 Å². The van der Waals surface area contributed by atoms with Gasteiger partial charge in [0.2, 0.25) is 0 Å². The second-order valence-corrected chi connectivity index (χ2v) is 5.52. The summed E-state index contributed by atoms with van der Waals surface area (Å²) in [4.78, 5) is 4.47. The summed E-state index contributed by atoms with van der Waals surface area (Å²) in [5.41, 5.74) is 4.08. The van der Waals surface area contributed by atoms with Gasteiger partial charge in [-0.05, 0) is 39.8 Å². The molecule has 3 nitrogen and oxygen atoms in total. The summed E-state index contributed by atoms with van der Waals surface area (Å²) in [6.45, 7) is 7.46. The highest BCUT2D eigenvalue weighted by Gasteiger charge is 2.12. The molecule has 0 spiro atoms. The Kier molecular flexibility index (Phi) is 4.96. The van der Waals surface area contributed by atoms with Crippen LogP contribution in [-0.2, 0) is 19.4 Å². The zero-order valence-electron chi connectivity index (χ0n) is 13.0. The molecule has 0 aliphatic heterocycles. The maximum Gasteiger partial charge on any atom is 0.110 e. The molecule has 0 radical (unpaired) electrons. The molecule has 1 aromatic carbocycles. The number of benzene rings is 1. The van der Waals surface area contributed by atoms with E-state index >= 15 is 0 Å². The van der Waals surface area contributed by atoms with Gasteiger partial charge in [0.25, 0.3) is 0 Å². The van der Waals surface area contributed by atoms with Crippen LogP contribution in [0.3, 0.4) is 0 Å². The number of rotatable bonds is 6. The van der Waals surface area contributed by atoms with Gasteiger partial charge in [0.1, 0.15) is 5.82 Å². The maximum atomic E-state index is 4.47. The maximum absolute atomic E-state index is 4.47. The molecule has 1 heterocycles. The van der Waals surface area contributed by atoms with Gasteiger partial charge in [0.05, 0.1) is 0 Å². The van der Waals surface area contributed by atoms with Gasteiger partial charge in [-0.3, -0.25) is 0 Å². The number of likely N-dealkylation sites (N-methyl/N-ethyl adjacent to an activating group) is 1. The second-order valence-electron chi connectivity index (χ2n) is 5.52. The molecule has 20 heavy (non-hydrogen) atoms. The Bertz CT molecular complexity index is 537. The normalized spacial score (nSPS) is 12.6. The molecule has 0 saturated carbocycles. The number of nitrogens with one attached hydrogen (secondary N) is 1. The minimum atomic E-state index is 0.420. The lowest BCUT2D eigenvalue weighted by Gasteiger charge is -2.17. The molecule has 108 valence electrons. The largest absolute Gasteiger partial charge is 0.335 e. The number of imidazole rings is 1. The third-order valence-electron chi connectivity index (χ3n) is 3.74. The third-order valence-corrected chi connectivity index (χ3v) is 3.74. The minimum Gasteiger partial charge on any atom is -0.335 e. The van der Waals surface area contributed by atoms with E-state index in [4.69, 9.17) is 0 Å². The first kappa shape index (κ1) is 14.8. The predicted octanol–water partition coefficient (Wildman–Crippen LogP) is 2.89. The topological polar surface area (TPSA) is 29.9 Å². The summed E-state index contributed by atoms with van der Waals surface area (Å²) in [7, 11) is 2.03. The van der Waals surface area contributed by atoms with Crippen molar-refractivity contribution in [3.8, 4) is 0 Å². The van der Waals surface area contributed by atoms with Crippen molar-refractivity contribution in [2.24, 2.45) is 0 Å². The molecule has 1 unspecified atom stereocenters. The van der Waals surface area contributed by atoms with Crippen molar-refractivity contribution < 1.29 is 0 Å². The van der Waals surface area contributed by atoms with E-state index in [0.717, 1.165) is 25.2 Å². The molecule has 1 N–H and O–H groups in total. The zero-order chi connectivity index (χ0) is 14.5. The van der Waals surface area contributed by atoms with E-state index in [9.17, 15) is 0 Å². The molecule has 1 aromatic heterocycles. The van der Waals surface area contributed by atoms with Crippen LogP contribution < -0.4 is 5.32 Å². The average molecular weight is 271 g/mol. The third kappa shape index (κ3) is 3.70. The van der Waals surface area contributed by atoms with Crippen molar-refractivity contribution in [2.45, 2.75) is 46.2 Å². The van der Waals surface area contributed by atoms with Crippen LogP contribution in [0, 0.1) is 13.8 Å². The van der Waals surface area contributed by atoms with Crippen LogP contribution in [0.15, 0.2) is 30.6 Å². The standard InChI is InChI=1S/C17H25N3/c1-5-20-7-6-19-17(20)12-16(18-4)11-15-9-13(2)8-14(3)10-15/h6-10,16,18H,5,11-12H2,1-4H3. The SMILES string of the molecule is CCn1ccnc1CC(Cc1cc(C)cc(C)c1)NC. The Labute approximate surface area is 122 Å². The fourth-order valence-corrected chi connectivity index (χ4v) is 2.79. The summed E-state index contributed by atoms with van der Waals surface area (Å²) < 4.78 is 2.21. The minimum absolute atomic E-state index is 0.420. The molecular weight excluding hydrogens is 246 g/mol. The van der Waals surface area contributed by atoms with E-state index in [1.807, 2.05) is 13.2 Å². The highest BCUT2D eigenvalue weighted by molar-refractivity contribution is 5.29. The van der Waals surface area contributed by atoms with Gasteiger partial charge in [-0.1, -0.05) is 29.3 Å².